The van der Waals surface area contributed by atoms with Gasteiger partial charge in [0.25, 0.3) is 0 Å². The van der Waals surface area contributed by atoms with E-state index in [1.807, 2.05) is 0 Å². The fourth-order valence-electron chi connectivity index (χ4n) is 2.89. The molecule has 0 saturated heterocycles. The summed E-state index contributed by atoms with van der Waals surface area (Å²) in [5.41, 5.74) is 5.37. The van der Waals surface area contributed by atoms with Crippen molar-refractivity contribution in [3.05, 3.63) is 0 Å². The Hall–Kier alpha value is -0.610. The van der Waals surface area contributed by atoms with Gasteiger partial charge >= 0.3 is 0 Å². The van der Waals surface area contributed by atoms with Crippen molar-refractivity contribution in [1.29, 1.82) is 0 Å². The quantitative estimate of drug-likeness (QED) is 0.688. The van der Waals surface area contributed by atoms with Crippen LogP contribution in [0, 0.1) is 5.92 Å². The van der Waals surface area contributed by atoms with Gasteiger partial charge in [-0.2, -0.15) is 0 Å². The number of primary amides is 1. The molecular weight excluding hydrogens is 226 g/mol. The van der Waals surface area contributed by atoms with Crippen LogP contribution in [0.5, 0.6) is 0 Å². The Kier molecular flexibility index (Phi) is 6.65. The van der Waals surface area contributed by atoms with E-state index >= 15 is 0 Å². The third-order valence-electron chi connectivity index (χ3n) is 3.84. The second-order valence-electron chi connectivity index (χ2n) is 5.86. The van der Waals surface area contributed by atoms with Crippen LogP contribution < -0.4 is 11.1 Å². The third kappa shape index (κ3) is 4.94. The van der Waals surface area contributed by atoms with Gasteiger partial charge in [0.05, 0.1) is 6.04 Å². The van der Waals surface area contributed by atoms with Crippen molar-refractivity contribution in [1.82, 2.24) is 10.2 Å². The van der Waals surface area contributed by atoms with Gasteiger partial charge in [-0.25, -0.2) is 0 Å². The number of nitrogens with one attached hydrogen (secondary N) is 1. The van der Waals surface area contributed by atoms with Gasteiger partial charge in [-0.1, -0.05) is 26.7 Å². The highest BCUT2D eigenvalue weighted by atomic mass is 16.1. The van der Waals surface area contributed by atoms with Crippen molar-refractivity contribution in [3.63, 3.8) is 0 Å². The predicted octanol–water partition coefficient (Wildman–Crippen LogP) is 1.35. The molecule has 0 aromatic carbocycles. The first-order valence-electron chi connectivity index (χ1n) is 7.25. The van der Waals surface area contributed by atoms with E-state index in [1.54, 1.807) is 7.05 Å². The van der Waals surface area contributed by atoms with Crippen LogP contribution >= 0.6 is 0 Å². The Morgan fingerprint density at radius 2 is 2.00 bits per heavy atom. The lowest BCUT2D eigenvalue weighted by molar-refractivity contribution is -0.120. The van der Waals surface area contributed by atoms with Crippen LogP contribution in [0.4, 0.5) is 0 Å². The molecule has 3 N–H and O–H groups in total. The number of hydrogen-bond donors (Lipinski definition) is 2. The van der Waals surface area contributed by atoms with E-state index < -0.39 is 0 Å². The molecule has 0 bridgehead atoms. The van der Waals surface area contributed by atoms with Crippen molar-refractivity contribution in [2.75, 3.05) is 20.1 Å². The van der Waals surface area contributed by atoms with E-state index in [1.165, 1.54) is 25.7 Å². The molecule has 0 aromatic heterocycles. The first-order valence-corrected chi connectivity index (χ1v) is 7.25. The summed E-state index contributed by atoms with van der Waals surface area (Å²) in [6.07, 6.45) is 6.14. The highest BCUT2D eigenvalue weighted by Gasteiger charge is 2.24. The number of hydrogen-bond acceptors (Lipinski definition) is 3. The van der Waals surface area contributed by atoms with Gasteiger partial charge in [0.15, 0.2) is 0 Å². The van der Waals surface area contributed by atoms with Gasteiger partial charge in [-0.3, -0.25) is 4.79 Å². The smallest absolute Gasteiger partial charge is 0.234 e. The maximum Gasteiger partial charge on any atom is 0.234 e. The van der Waals surface area contributed by atoms with Crippen molar-refractivity contribution in [3.8, 4) is 0 Å². The number of carbonyl (C=O) groups is 1. The van der Waals surface area contributed by atoms with E-state index in [0.29, 0.717) is 5.92 Å². The maximum absolute atomic E-state index is 11.2. The lowest BCUT2D eigenvalue weighted by atomic mass is 10.1. The van der Waals surface area contributed by atoms with E-state index in [0.717, 1.165) is 25.6 Å². The lowest BCUT2D eigenvalue weighted by Crippen LogP contribution is -2.44. The summed E-state index contributed by atoms with van der Waals surface area (Å²) in [5, 5.41) is 3.00. The molecule has 0 radical (unpaired) electrons. The number of rotatable bonds is 8. The van der Waals surface area contributed by atoms with Crippen LogP contribution in [0.25, 0.3) is 0 Å². The summed E-state index contributed by atoms with van der Waals surface area (Å²) in [6, 6.07) is 0.527. The molecule has 1 aliphatic rings. The Balaban J connectivity index is 2.47. The van der Waals surface area contributed by atoms with Gasteiger partial charge in [0.1, 0.15) is 0 Å². The molecular formula is C14H29N3O. The zero-order valence-electron chi connectivity index (χ0n) is 12.1. The molecule has 1 fully saturated rings. The first kappa shape index (κ1) is 15.4. The largest absolute Gasteiger partial charge is 0.368 e. The molecule has 106 valence electrons. The van der Waals surface area contributed by atoms with Crippen LogP contribution in [0.1, 0.15) is 46.0 Å². The minimum atomic E-state index is -0.242. The van der Waals surface area contributed by atoms with E-state index in [2.05, 4.69) is 24.1 Å². The number of nitrogens with zero attached hydrogens (tertiary/aromatic N) is 1. The van der Waals surface area contributed by atoms with Crippen molar-refractivity contribution in [2.45, 2.75) is 58.0 Å². The summed E-state index contributed by atoms with van der Waals surface area (Å²) in [4.78, 5) is 13.8. The second kappa shape index (κ2) is 7.74. The zero-order valence-corrected chi connectivity index (χ0v) is 12.1. The zero-order chi connectivity index (χ0) is 13.5. The topological polar surface area (TPSA) is 58.4 Å². The number of nitrogens with two attached hydrogens (primary N) is 1. The van der Waals surface area contributed by atoms with Gasteiger partial charge in [0, 0.05) is 19.1 Å². The third-order valence-corrected chi connectivity index (χ3v) is 3.84. The van der Waals surface area contributed by atoms with Crippen molar-refractivity contribution < 1.29 is 4.79 Å². The summed E-state index contributed by atoms with van der Waals surface area (Å²) >= 11 is 0. The molecule has 1 aliphatic carbocycles. The normalized spacial score (nSPS) is 18.7. The highest BCUT2D eigenvalue weighted by Crippen LogP contribution is 2.24. The molecule has 0 aromatic rings. The van der Waals surface area contributed by atoms with Gasteiger partial charge < -0.3 is 16.0 Å². The molecule has 1 atom stereocenters. The maximum atomic E-state index is 11.2. The monoisotopic (exact) mass is 255 g/mol. The fourth-order valence-corrected chi connectivity index (χ4v) is 2.89. The molecule has 4 nitrogen and oxygen atoms in total. The molecule has 1 amide bonds. The summed E-state index contributed by atoms with van der Waals surface area (Å²) in [6.45, 7) is 6.61. The summed E-state index contributed by atoms with van der Waals surface area (Å²) < 4.78 is 0. The highest BCUT2D eigenvalue weighted by molar-refractivity contribution is 5.79. The van der Waals surface area contributed by atoms with Crippen LogP contribution in [-0.2, 0) is 4.79 Å². The van der Waals surface area contributed by atoms with Crippen LogP contribution in [0.3, 0.4) is 0 Å². The predicted molar refractivity (Wildman–Crippen MR) is 75.3 cm³/mol. The minimum Gasteiger partial charge on any atom is -0.368 e. The molecule has 1 saturated carbocycles. The van der Waals surface area contributed by atoms with Gasteiger partial charge in [0.2, 0.25) is 5.91 Å². The first-order chi connectivity index (χ1) is 8.54. The molecule has 0 spiro atoms. The molecule has 1 rings (SSSR count). The second-order valence-corrected chi connectivity index (χ2v) is 5.86. The molecule has 18 heavy (non-hydrogen) atoms. The SMILES string of the molecule is CNC(CCN(CC(C)C)C1CCCC1)C(N)=O. The number of amides is 1. The van der Waals surface area contributed by atoms with E-state index in [9.17, 15) is 4.79 Å². The van der Waals surface area contributed by atoms with Crippen LogP contribution in [0.15, 0.2) is 0 Å². The lowest BCUT2D eigenvalue weighted by Gasteiger charge is -2.31. The van der Waals surface area contributed by atoms with Gasteiger partial charge in [-0.15, -0.1) is 0 Å². The number of carbonyl (C=O) groups excluding carboxylic acids is 1. The fraction of sp³-hybridized carbons (Fsp3) is 0.929. The standard InChI is InChI=1S/C14H29N3O/c1-11(2)10-17(12-6-4-5-7-12)9-8-13(16-3)14(15)18/h11-13,16H,4-10H2,1-3H3,(H2,15,18). The Morgan fingerprint density at radius 1 is 1.39 bits per heavy atom. The molecule has 0 heterocycles. The number of likely N-dealkylation sites (N-methyl/N-ethyl adjacent to an activating group) is 1. The Morgan fingerprint density at radius 3 is 2.44 bits per heavy atom. The Bertz CT molecular complexity index is 249. The van der Waals surface area contributed by atoms with Crippen LogP contribution in [-0.4, -0.2) is 43.0 Å². The van der Waals surface area contributed by atoms with Crippen molar-refractivity contribution in [2.24, 2.45) is 11.7 Å². The summed E-state index contributed by atoms with van der Waals surface area (Å²) in [7, 11) is 1.80. The van der Waals surface area contributed by atoms with E-state index in [-0.39, 0.29) is 11.9 Å². The minimum absolute atomic E-state index is 0.193. The average molecular weight is 255 g/mol. The van der Waals surface area contributed by atoms with Gasteiger partial charge in [-0.05, 0) is 32.2 Å². The molecule has 0 aliphatic heterocycles. The van der Waals surface area contributed by atoms with E-state index in [4.69, 9.17) is 5.73 Å². The molecule has 4 heteroatoms. The van der Waals surface area contributed by atoms with Crippen LogP contribution in [0.2, 0.25) is 0 Å². The summed E-state index contributed by atoms with van der Waals surface area (Å²) in [5.74, 6) is 0.431. The Labute approximate surface area is 111 Å². The van der Waals surface area contributed by atoms with Crippen molar-refractivity contribution >= 4 is 5.91 Å². The molecule has 1 unspecified atom stereocenters. The average Bonchev–Trinajstić information content (AvgIpc) is 2.80.